The normalized spacial score (nSPS) is 12.0. The Kier molecular flexibility index (Phi) is 5.01. The number of hydrogen-bond donors (Lipinski definition) is 1. The van der Waals surface area contributed by atoms with Crippen LogP contribution in [0.5, 0.6) is 0 Å². The first kappa shape index (κ1) is 15.6. The Labute approximate surface area is 132 Å². The van der Waals surface area contributed by atoms with E-state index in [2.05, 4.69) is 26.3 Å². The molecule has 1 N–H and O–H groups in total. The first-order chi connectivity index (χ1) is 10.0. The van der Waals surface area contributed by atoms with E-state index in [0.717, 1.165) is 27.8 Å². The van der Waals surface area contributed by atoms with Gasteiger partial charge in [0.2, 0.25) is 0 Å². The summed E-state index contributed by atoms with van der Waals surface area (Å²) in [6.07, 6.45) is 2.61. The van der Waals surface area contributed by atoms with Crippen molar-refractivity contribution in [1.29, 1.82) is 0 Å². The van der Waals surface area contributed by atoms with E-state index in [0.29, 0.717) is 0 Å². The predicted octanol–water partition coefficient (Wildman–Crippen LogP) is 3.07. The van der Waals surface area contributed by atoms with Crippen LogP contribution in [-0.2, 0) is 23.0 Å². The van der Waals surface area contributed by atoms with Gasteiger partial charge < -0.3 is 10.1 Å². The van der Waals surface area contributed by atoms with Crippen molar-refractivity contribution in [2.75, 3.05) is 12.4 Å². The number of carbonyl (C=O) groups is 1. The van der Waals surface area contributed by atoms with Crippen LogP contribution >= 0.6 is 15.9 Å². The van der Waals surface area contributed by atoms with Crippen molar-refractivity contribution in [1.82, 2.24) is 9.78 Å². The van der Waals surface area contributed by atoms with Gasteiger partial charge in [-0.15, -0.1) is 0 Å². The molecule has 0 saturated heterocycles. The van der Waals surface area contributed by atoms with Gasteiger partial charge >= 0.3 is 5.97 Å². The molecule has 0 aliphatic carbocycles. The quantitative estimate of drug-likeness (QED) is 0.841. The summed E-state index contributed by atoms with van der Waals surface area (Å²) in [6.45, 7) is 2.01. The van der Waals surface area contributed by atoms with Gasteiger partial charge in [-0.05, 0) is 30.7 Å². The zero-order valence-corrected chi connectivity index (χ0v) is 13.8. The van der Waals surface area contributed by atoms with E-state index in [-0.39, 0.29) is 5.97 Å². The molecule has 1 aromatic carbocycles. The molecule has 1 aromatic heterocycles. The number of ether oxygens (including phenoxy) is 1. The lowest BCUT2D eigenvalue weighted by atomic mass is 10.1. The summed E-state index contributed by atoms with van der Waals surface area (Å²) in [6, 6.07) is 7.07. The monoisotopic (exact) mass is 351 g/mol. The summed E-state index contributed by atoms with van der Waals surface area (Å²) < 4.78 is 7.62. The molecule has 0 aliphatic rings. The van der Waals surface area contributed by atoms with E-state index in [4.69, 9.17) is 4.74 Å². The van der Waals surface area contributed by atoms with Crippen molar-refractivity contribution >= 4 is 27.6 Å². The number of aromatic nitrogens is 2. The topological polar surface area (TPSA) is 56.2 Å². The Morgan fingerprint density at radius 2 is 2.10 bits per heavy atom. The molecule has 112 valence electrons. The zero-order valence-electron chi connectivity index (χ0n) is 12.3. The number of nitrogens with zero attached hydrogens (tertiary/aromatic N) is 2. The molecule has 2 aromatic rings. The van der Waals surface area contributed by atoms with Crippen LogP contribution < -0.4 is 5.32 Å². The molecule has 0 saturated carbocycles. The van der Waals surface area contributed by atoms with Crippen LogP contribution in [-0.4, -0.2) is 22.9 Å². The van der Waals surface area contributed by atoms with Gasteiger partial charge in [-0.2, -0.15) is 5.10 Å². The Balaban J connectivity index is 2.34. The predicted molar refractivity (Wildman–Crippen MR) is 85.1 cm³/mol. The maximum absolute atomic E-state index is 12.1. The molecule has 1 heterocycles. The number of methoxy groups -OCH3 is 1. The number of nitrogens with one attached hydrogen (secondary N) is 1. The Bertz CT molecular complexity index is 622. The molecule has 0 bridgehead atoms. The Morgan fingerprint density at radius 1 is 1.43 bits per heavy atom. The maximum atomic E-state index is 12.1. The fourth-order valence-electron chi connectivity index (χ4n) is 2.16. The molecular formula is C15H18BrN3O2. The third kappa shape index (κ3) is 3.64. The molecule has 0 fully saturated rings. The molecule has 6 heteroatoms. The summed E-state index contributed by atoms with van der Waals surface area (Å²) >= 11 is 3.39. The van der Waals surface area contributed by atoms with Crippen molar-refractivity contribution in [2.24, 2.45) is 7.05 Å². The number of anilines is 1. The first-order valence-electron chi connectivity index (χ1n) is 6.67. The smallest absolute Gasteiger partial charge is 0.333 e. The van der Waals surface area contributed by atoms with Crippen LogP contribution in [0.25, 0.3) is 0 Å². The fourth-order valence-corrected chi connectivity index (χ4v) is 2.43. The fraction of sp³-hybridized carbons (Fsp3) is 0.333. The van der Waals surface area contributed by atoms with E-state index in [1.54, 1.807) is 4.68 Å². The summed E-state index contributed by atoms with van der Waals surface area (Å²) in [5.41, 5.74) is 2.58. The SMILES string of the molecule is CCc1nn(C)cc1C(Nc1ccc(Br)cc1)C(=O)OC. The number of halogens is 1. The lowest BCUT2D eigenvalue weighted by Crippen LogP contribution is -2.23. The lowest BCUT2D eigenvalue weighted by molar-refractivity contribution is -0.141. The molecule has 0 aliphatic heterocycles. The second-order valence-corrected chi connectivity index (χ2v) is 5.58. The van der Waals surface area contributed by atoms with Gasteiger partial charge in [0, 0.05) is 29.0 Å². The van der Waals surface area contributed by atoms with Crippen LogP contribution in [0.15, 0.2) is 34.9 Å². The second kappa shape index (κ2) is 6.76. The van der Waals surface area contributed by atoms with Gasteiger partial charge in [0.25, 0.3) is 0 Å². The Morgan fingerprint density at radius 3 is 2.67 bits per heavy atom. The average molecular weight is 352 g/mol. The van der Waals surface area contributed by atoms with Crippen molar-refractivity contribution in [3.8, 4) is 0 Å². The van der Waals surface area contributed by atoms with Gasteiger partial charge in [-0.1, -0.05) is 22.9 Å². The van der Waals surface area contributed by atoms with E-state index in [1.165, 1.54) is 7.11 Å². The minimum atomic E-state index is -0.570. The maximum Gasteiger partial charge on any atom is 0.333 e. The molecule has 0 amide bonds. The zero-order chi connectivity index (χ0) is 15.4. The third-order valence-corrected chi connectivity index (χ3v) is 3.70. The molecule has 1 unspecified atom stereocenters. The highest BCUT2D eigenvalue weighted by molar-refractivity contribution is 9.10. The van der Waals surface area contributed by atoms with Gasteiger partial charge in [0.1, 0.15) is 0 Å². The summed E-state index contributed by atoms with van der Waals surface area (Å²) in [4.78, 5) is 12.1. The minimum absolute atomic E-state index is 0.333. The first-order valence-corrected chi connectivity index (χ1v) is 7.46. The standard InChI is InChI=1S/C15H18BrN3O2/c1-4-13-12(9-19(2)18-13)14(15(20)21-3)17-11-7-5-10(16)6-8-11/h5-9,14,17H,4H2,1-3H3. The number of benzene rings is 1. The molecular weight excluding hydrogens is 334 g/mol. The molecule has 0 spiro atoms. The van der Waals surface area contributed by atoms with E-state index in [9.17, 15) is 4.79 Å². The molecule has 21 heavy (non-hydrogen) atoms. The minimum Gasteiger partial charge on any atom is -0.467 e. The van der Waals surface area contributed by atoms with E-state index in [1.807, 2.05) is 44.4 Å². The summed E-state index contributed by atoms with van der Waals surface area (Å²) in [5, 5.41) is 7.60. The van der Waals surface area contributed by atoms with Gasteiger partial charge in [-0.25, -0.2) is 4.79 Å². The third-order valence-electron chi connectivity index (χ3n) is 3.18. The van der Waals surface area contributed by atoms with Crippen LogP contribution in [0.1, 0.15) is 24.2 Å². The van der Waals surface area contributed by atoms with Crippen molar-refractivity contribution in [3.63, 3.8) is 0 Å². The molecule has 5 nitrogen and oxygen atoms in total. The van der Waals surface area contributed by atoms with Gasteiger partial charge in [0.15, 0.2) is 6.04 Å². The lowest BCUT2D eigenvalue weighted by Gasteiger charge is -2.17. The highest BCUT2D eigenvalue weighted by Gasteiger charge is 2.25. The summed E-state index contributed by atoms with van der Waals surface area (Å²) in [7, 11) is 3.23. The van der Waals surface area contributed by atoms with Crippen LogP contribution in [0.2, 0.25) is 0 Å². The number of aryl methyl sites for hydroxylation is 2. The highest BCUT2D eigenvalue weighted by atomic mass is 79.9. The average Bonchev–Trinajstić information content (AvgIpc) is 2.86. The number of rotatable bonds is 5. The van der Waals surface area contributed by atoms with Crippen molar-refractivity contribution in [3.05, 3.63) is 46.2 Å². The molecule has 1 atom stereocenters. The van der Waals surface area contributed by atoms with Gasteiger partial charge in [0.05, 0.1) is 12.8 Å². The number of esters is 1. The number of carbonyl (C=O) groups excluding carboxylic acids is 1. The molecule has 0 radical (unpaired) electrons. The summed E-state index contributed by atoms with van der Waals surface area (Å²) in [5.74, 6) is -0.333. The second-order valence-electron chi connectivity index (χ2n) is 4.67. The highest BCUT2D eigenvalue weighted by Crippen LogP contribution is 2.25. The largest absolute Gasteiger partial charge is 0.467 e. The van der Waals surface area contributed by atoms with Crippen molar-refractivity contribution in [2.45, 2.75) is 19.4 Å². The van der Waals surface area contributed by atoms with E-state index < -0.39 is 6.04 Å². The van der Waals surface area contributed by atoms with Crippen LogP contribution in [0.4, 0.5) is 5.69 Å². The van der Waals surface area contributed by atoms with E-state index >= 15 is 0 Å². The number of hydrogen-bond acceptors (Lipinski definition) is 4. The Hall–Kier alpha value is -1.82. The van der Waals surface area contributed by atoms with Crippen LogP contribution in [0, 0.1) is 0 Å². The van der Waals surface area contributed by atoms with Crippen LogP contribution in [0.3, 0.4) is 0 Å². The van der Waals surface area contributed by atoms with Crippen molar-refractivity contribution < 1.29 is 9.53 Å². The van der Waals surface area contributed by atoms with Gasteiger partial charge in [-0.3, -0.25) is 4.68 Å². The molecule has 2 rings (SSSR count).